The van der Waals surface area contributed by atoms with Crippen LogP contribution in [0.3, 0.4) is 0 Å². The molecular weight excluding hydrogens is 326 g/mol. The molecule has 0 atom stereocenters. The van der Waals surface area contributed by atoms with Crippen LogP contribution in [0.25, 0.3) is 10.2 Å². The third-order valence-electron chi connectivity index (χ3n) is 2.79. The van der Waals surface area contributed by atoms with Crippen LogP contribution < -0.4 is 5.32 Å². The minimum atomic E-state index is -0.215. The number of halogens is 1. The molecule has 21 heavy (non-hydrogen) atoms. The molecule has 1 N–H and O–H groups in total. The predicted octanol–water partition coefficient (Wildman–Crippen LogP) is 4.32. The van der Waals surface area contributed by atoms with Crippen LogP contribution in [-0.4, -0.2) is 22.1 Å². The number of thiazole rings is 1. The van der Waals surface area contributed by atoms with Crippen molar-refractivity contribution in [3.05, 3.63) is 47.2 Å². The molecule has 4 nitrogen and oxygen atoms in total. The van der Waals surface area contributed by atoms with Crippen molar-refractivity contribution in [1.82, 2.24) is 9.97 Å². The average molecular weight is 336 g/mol. The summed E-state index contributed by atoms with van der Waals surface area (Å²) < 4.78 is 2.06. The van der Waals surface area contributed by atoms with E-state index in [1.54, 1.807) is 35.2 Å². The molecular formula is C14H10ClN3OS2. The van der Waals surface area contributed by atoms with Crippen LogP contribution in [0.4, 0.5) is 5.69 Å². The molecule has 2 heterocycles. The lowest BCUT2D eigenvalue weighted by Gasteiger charge is -2.04. The fourth-order valence-electron chi connectivity index (χ4n) is 1.78. The van der Waals surface area contributed by atoms with Crippen LogP contribution in [0.15, 0.2) is 40.9 Å². The lowest BCUT2D eigenvalue weighted by molar-refractivity contribution is 0.102. The van der Waals surface area contributed by atoms with Gasteiger partial charge in [0.25, 0.3) is 5.91 Å². The highest BCUT2D eigenvalue weighted by Gasteiger charge is 2.08. The van der Waals surface area contributed by atoms with Crippen LogP contribution in [0.5, 0.6) is 0 Å². The predicted molar refractivity (Wildman–Crippen MR) is 88.6 cm³/mol. The largest absolute Gasteiger partial charge is 0.322 e. The first-order chi connectivity index (χ1) is 10.2. The van der Waals surface area contributed by atoms with Gasteiger partial charge in [0.15, 0.2) is 4.34 Å². The number of hydrogen-bond donors (Lipinski definition) is 1. The van der Waals surface area contributed by atoms with Crippen molar-refractivity contribution in [2.75, 3.05) is 11.6 Å². The minimum Gasteiger partial charge on any atom is -0.322 e. The number of nitrogens with zero attached hydrogens (tertiary/aromatic N) is 2. The first kappa shape index (κ1) is 14.3. The van der Waals surface area contributed by atoms with E-state index in [4.69, 9.17) is 11.6 Å². The molecule has 0 spiro atoms. The van der Waals surface area contributed by atoms with E-state index in [-0.39, 0.29) is 5.91 Å². The van der Waals surface area contributed by atoms with E-state index in [1.165, 1.54) is 6.20 Å². The molecule has 0 saturated heterocycles. The first-order valence-electron chi connectivity index (χ1n) is 6.03. The third-order valence-corrected chi connectivity index (χ3v) is 5.02. The molecule has 0 radical (unpaired) electrons. The number of pyridine rings is 1. The van der Waals surface area contributed by atoms with Gasteiger partial charge in [-0.3, -0.25) is 4.79 Å². The van der Waals surface area contributed by atoms with Crippen molar-refractivity contribution in [3.8, 4) is 0 Å². The SMILES string of the molecule is CSc1nc2ccc(NC(=O)c3ccc(Cl)nc3)cc2s1. The molecule has 3 rings (SSSR count). The number of carbonyl (C=O) groups excluding carboxylic acids is 1. The molecule has 0 saturated carbocycles. The lowest BCUT2D eigenvalue weighted by Crippen LogP contribution is -2.11. The topological polar surface area (TPSA) is 54.9 Å². The monoisotopic (exact) mass is 335 g/mol. The van der Waals surface area contributed by atoms with Gasteiger partial charge in [0.2, 0.25) is 0 Å². The zero-order chi connectivity index (χ0) is 14.8. The van der Waals surface area contributed by atoms with Crippen LogP contribution in [-0.2, 0) is 0 Å². The van der Waals surface area contributed by atoms with Crippen molar-refractivity contribution < 1.29 is 4.79 Å². The van der Waals surface area contributed by atoms with E-state index in [1.807, 2.05) is 24.5 Å². The van der Waals surface area contributed by atoms with Gasteiger partial charge >= 0.3 is 0 Å². The molecule has 0 aliphatic heterocycles. The summed E-state index contributed by atoms with van der Waals surface area (Å²) in [4.78, 5) is 20.5. The number of anilines is 1. The number of thioether (sulfide) groups is 1. The number of benzene rings is 1. The maximum atomic E-state index is 12.1. The first-order valence-corrected chi connectivity index (χ1v) is 8.45. The van der Waals surface area contributed by atoms with Crippen LogP contribution >= 0.6 is 34.7 Å². The molecule has 0 fully saturated rings. The molecule has 106 valence electrons. The van der Waals surface area contributed by atoms with Crippen LogP contribution in [0, 0.1) is 0 Å². The van der Waals surface area contributed by atoms with Crippen LogP contribution in [0.1, 0.15) is 10.4 Å². The number of nitrogens with one attached hydrogen (secondary N) is 1. The molecule has 0 unspecified atom stereocenters. The fourth-order valence-corrected chi connectivity index (χ4v) is 3.42. The number of rotatable bonds is 3. The standard InChI is InChI=1S/C14H10ClN3OS2/c1-20-14-18-10-4-3-9(6-11(10)21-14)17-13(19)8-2-5-12(15)16-7-8/h2-7H,1H3,(H,17,19). The summed E-state index contributed by atoms with van der Waals surface area (Å²) in [6.45, 7) is 0. The van der Waals surface area contributed by atoms with Crippen molar-refractivity contribution in [2.45, 2.75) is 4.34 Å². The Morgan fingerprint density at radius 1 is 1.33 bits per heavy atom. The van der Waals surface area contributed by atoms with E-state index in [0.29, 0.717) is 10.7 Å². The van der Waals surface area contributed by atoms with E-state index in [9.17, 15) is 4.79 Å². The number of fused-ring (bicyclic) bond motifs is 1. The van der Waals surface area contributed by atoms with E-state index in [0.717, 1.165) is 20.2 Å². The van der Waals surface area contributed by atoms with Gasteiger partial charge in [-0.2, -0.15) is 0 Å². The fraction of sp³-hybridized carbons (Fsp3) is 0.0714. The van der Waals surface area contributed by atoms with Gasteiger partial charge in [-0.05, 0) is 36.6 Å². The van der Waals surface area contributed by atoms with Crippen molar-refractivity contribution in [2.24, 2.45) is 0 Å². The summed E-state index contributed by atoms with van der Waals surface area (Å²) in [7, 11) is 0. The van der Waals surface area contributed by atoms with Crippen molar-refractivity contribution in [1.29, 1.82) is 0 Å². The normalized spacial score (nSPS) is 10.8. The zero-order valence-corrected chi connectivity index (χ0v) is 13.4. The second-order valence-corrected chi connectivity index (χ2v) is 6.66. The average Bonchev–Trinajstić information content (AvgIpc) is 2.90. The van der Waals surface area contributed by atoms with Crippen molar-refractivity contribution in [3.63, 3.8) is 0 Å². The highest BCUT2D eigenvalue weighted by atomic mass is 35.5. The smallest absolute Gasteiger partial charge is 0.257 e. The molecule has 1 amide bonds. The van der Waals surface area contributed by atoms with Gasteiger partial charge in [0.1, 0.15) is 5.15 Å². The molecule has 0 aliphatic carbocycles. The zero-order valence-electron chi connectivity index (χ0n) is 11.0. The summed E-state index contributed by atoms with van der Waals surface area (Å²) >= 11 is 8.93. The second-order valence-electron chi connectivity index (χ2n) is 4.19. The van der Waals surface area contributed by atoms with Gasteiger partial charge in [0, 0.05) is 11.9 Å². The Bertz CT molecular complexity index is 802. The highest BCUT2D eigenvalue weighted by Crippen LogP contribution is 2.30. The summed E-state index contributed by atoms with van der Waals surface area (Å²) in [5, 5.41) is 3.21. The summed E-state index contributed by atoms with van der Waals surface area (Å²) in [6.07, 6.45) is 3.45. The summed E-state index contributed by atoms with van der Waals surface area (Å²) in [6, 6.07) is 8.90. The summed E-state index contributed by atoms with van der Waals surface area (Å²) in [5.74, 6) is -0.215. The van der Waals surface area contributed by atoms with E-state index in [2.05, 4.69) is 15.3 Å². The van der Waals surface area contributed by atoms with Gasteiger partial charge in [-0.15, -0.1) is 11.3 Å². The molecule has 3 aromatic rings. The Labute approximate surface area is 134 Å². The Morgan fingerprint density at radius 2 is 2.19 bits per heavy atom. The second kappa shape index (κ2) is 6.01. The van der Waals surface area contributed by atoms with Crippen molar-refractivity contribution >= 4 is 56.5 Å². The Hall–Kier alpha value is -1.63. The number of amides is 1. The maximum Gasteiger partial charge on any atom is 0.257 e. The van der Waals surface area contributed by atoms with E-state index >= 15 is 0 Å². The van der Waals surface area contributed by atoms with Gasteiger partial charge in [-0.25, -0.2) is 9.97 Å². The number of aromatic nitrogens is 2. The number of carbonyl (C=O) groups is 1. The molecule has 0 bridgehead atoms. The highest BCUT2D eigenvalue weighted by molar-refractivity contribution is 8.00. The molecule has 1 aromatic carbocycles. The van der Waals surface area contributed by atoms with Gasteiger partial charge in [0.05, 0.1) is 15.8 Å². The molecule has 7 heteroatoms. The Morgan fingerprint density at radius 3 is 2.90 bits per heavy atom. The minimum absolute atomic E-state index is 0.215. The number of hydrogen-bond acceptors (Lipinski definition) is 5. The molecule has 0 aliphatic rings. The van der Waals surface area contributed by atoms with E-state index < -0.39 is 0 Å². The lowest BCUT2D eigenvalue weighted by atomic mass is 10.2. The van der Waals surface area contributed by atoms with Gasteiger partial charge < -0.3 is 5.32 Å². The third kappa shape index (κ3) is 3.18. The maximum absolute atomic E-state index is 12.1. The molecule has 2 aromatic heterocycles. The Balaban J connectivity index is 1.83. The van der Waals surface area contributed by atoms with Crippen LogP contribution in [0.2, 0.25) is 5.15 Å². The van der Waals surface area contributed by atoms with Gasteiger partial charge in [-0.1, -0.05) is 23.4 Å². The quantitative estimate of drug-likeness (QED) is 0.572. The summed E-state index contributed by atoms with van der Waals surface area (Å²) in [5.41, 5.74) is 2.14. The Kier molecular flexibility index (Phi) is 4.10.